The Morgan fingerprint density at radius 1 is 1.26 bits per heavy atom. The summed E-state index contributed by atoms with van der Waals surface area (Å²) in [7, 11) is 2.90. The number of hydrogen-bond acceptors (Lipinski definition) is 8. The number of thioether (sulfide) groups is 1. The molecule has 0 aliphatic heterocycles. The van der Waals surface area contributed by atoms with E-state index in [1.54, 1.807) is 19.2 Å². The highest BCUT2D eigenvalue weighted by molar-refractivity contribution is 7.99. The van der Waals surface area contributed by atoms with Gasteiger partial charge in [-0.3, -0.25) is 4.79 Å². The van der Waals surface area contributed by atoms with Gasteiger partial charge in [0.15, 0.2) is 0 Å². The Labute approximate surface area is 161 Å². The number of carbonyl (C=O) groups is 2. The smallest absolute Gasteiger partial charge is 0.328 e. The van der Waals surface area contributed by atoms with E-state index in [1.165, 1.54) is 23.6 Å². The molecule has 1 aromatic heterocycles. The molecule has 10 heteroatoms. The van der Waals surface area contributed by atoms with E-state index in [1.807, 2.05) is 26.0 Å². The molecule has 2 atom stereocenters. The number of carbonyl (C=O) groups excluding carboxylic acids is 2. The van der Waals surface area contributed by atoms with Crippen LogP contribution in [0.1, 0.15) is 20.3 Å². The molecule has 1 N–H and O–H groups in total. The fraction of sp³-hybridized carbons (Fsp3) is 0.471. The van der Waals surface area contributed by atoms with Crippen LogP contribution >= 0.6 is 11.8 Å². The number of aromatic nitrogens is 4. The molecule has 2 rings (SSSR count). The number of nitrogens with zero attached hydrogens (tertiary/aromatic N) is 4. The summed E-state index contributed by atoms with van der Waals surface area (Å²) in [6.07, 6.45) is 0.739. The van der Waals surface area contributed by atoms with Crippen LogP contribution < -0.4 is 10.1 Å². The second-order valence-corrected chi connectivity index (χ2v) is 6.76. The van der Waals surface area contributed by atoms with E-state index in [4.69, 9.17) is 9.47 Å². The van der Waals surface area contributed by atoms with Crippen LogP contribution in [-0.2, 0) is 14.3 Å². The first kappa shape index (κ1) is 20.7. The lowest BCUT2D eigenvalue weighted by molar-refractivity contribution is -0.146. The van der Waals surface area contributed by atoms with Crippen LogP contribution in [0.4, 0.5) is 0 Å². The van der Waals surface area contributed by atoms with E-state index in [0.29, 0.717) is 5.16 Å². The van der Waals surface area contributed by atoms with Crippen molar-refractivity contribution in [3.63, 3.8) is 0 Å². The van der Waals surface area contributed by atoms with Gasteiger partial charge in [-0.25, -0.2) is 4.79 Å². The van der Waals surface area contributed by atoms with Gasteiger partial charge in [0, 0.05) is 0 Å². The van der Waals surface area contributed by atoms with Crippen molar-refractivity contribution < 1.29 is 19.1 Å². The highest BCUT2D eigenvalue weighted by Gasteiger charge is 2.26. The van der Waals surface area contributed by atoms with Crippen LogP contribution in [0.25, 0.3) is 5.69 Å². The lowest BCUT2D eigenvalue weighted by Crippen LogP contribution is -2.46. The van der Waals surface area contributed by atoms with Crippen molar-refractivity contribution in [2.24, 2.45) is 5.92 Å². The van der Waals surface area contributed by atoms with Gasteiger partial charge < -0.3 is 14.8 Å². The average molecular weight is 393 g/mol. The first-order valence-corrected chi connectivity index (χ1v) is 9.41. The molecule has 9 nitrogen and oxygen atoms in total. The van der Waals surface area contributed by atoms with Gasteiger partial charge >= 0.3 is 5.97 Å². The minimum absolute atomic E-state index is 0.0315. The van der Waals surface area contributed by atoms with Gasteiger partial charge in [-0.15, -0.1) is 5.10 Å². The maximum Gasteiger partial charge on any atom is 0.328 e. The average Bonchev–Trinajstić information content (AvgIpc) is 3.18. The molecular weight excluding hydrogens is 370 g/mol. The van der Waals surface area contributed by atoms with E-state index in [9.17, 15) is 9.59 Å². The third-order valence-electron chi connectivity index (χ3n) is 4.07. The number of esters is 1. The van der Waals surface area contributed by atoms with Crippen molar-refractivity contribution in [3.05, 3.63) is 24.3 Å². The molecule has 1 amide bonds. The van der Waals surface area contributed by atoms with E-state index in [2.05, 4.69) is 20.8 Å². The Morgan fingerprint density at radius 3 is 2.56 bits per heavy atom. The maximum atomic E-state index is 12.3. The van der Waals surface area contributed by atoms with Gasteiger partial charge in [-0.1, -0.05) is 32.0 Å². The van der Waals surface area contributed by atoms with Crippen molar-refractivity contribution in [2.75, 3.05) is 20.0 Å². The summed E-state index contributed by atoms with van der Waals surface area (Å²) in [5.41, 5.74) is 0.746. The number of hydrogen-bond donors (Lipinski definition) is 1. The normalized spacial score (nSPS) is 12.9. The van der Waals surface area contributed by atoms with Crippen molar-refractivity contribution in [1.29, 1.82) is 0 Å². The zero-order chi connectivity index (χ0) is 19.8. The van der Waals surface area contributed by atoms with Crippen LogP contribution in [0.2, 0.25) is 0 Å². The van der Waals surface area contributed by atoms with Crippen LogP contribution in [-0.4, -0.2) is 58.1 Å². The van der Waals surface area contributed by atoms with Crippen LogP contribution in [0, 0.1) is 5.92 Å². The number of methoxy groups -OCH3 is 2. The number of nitrogens with one attached hydrogen (secondary N) is 1. The third kappa shape index (κ3) is 5.43. The number of amides is 1. The van der Waals surface area contributed by atoms with Crippen LogP contribution in [0.3, 0.4) is 0 Å². The number of benzene rings is 1. The minimum atomic E-state index is -0.675. The summed E-state index contributed by atoms with van der Waals surface area (Å²) in [5, 5.41) is 14.8. The lowest BCUT2D eigenvalue weighted by atomic mass is 9.99. The monoisotopic (exact) mass is 393 g/mol. The Morgan fingerprint density at radius 2 is 1.96 bits per heavy atom. The van der Waals surface area contributed by atoms with Gasteiger partial charge in [-0.2, -0.15) is 4.68 Å². The maximum absolute atomic E-state index is 12.3. The molecule has 0 unspecified atom stereocenters. The first-order chi connectivity index (χ1) is 13.0. The first-order valence-electron chi connectivity index (χ1n) is 8.42. The van der Waals surface area contributed by atoms with Gasteiger partial charge in [0.1, 0.15) is 11.8 Å². The molecule has 0 bridgehead atoms. The van der Waals surface area contributed by atoms with E-state index in [-0.39, 0.29) is 17.6 Å². The molecule has 0 fully saturated rings. The molecule has 1 heterocycles. The highest BCUT2D eigenvalue weighted by atomic mass is 32.2. The summed E-state index contributed by atoms with van der Waals surface area (Å²) in [6, 6.07) is 6.55. The summed E-state index contributed by atoms with van der Waals surface area (Å²) in [6.45, 7) is 3.84. The van der Waals surface area contributed by atoms with Crippen molar-refractivity contribution in [1.82, 2.24) is 25.5 Å². The van der Waals surface area contributed by atoms with E-state index < -0.39 is 12.0 Å². The number of rotatable bonds is 9. The predicted molar refractivity (Wildman–Crippen MR) is 99.8 cm³/mol. The van der Waals surface area contributed by atoms with Crippen molar-refractivity contribution >= 4 is 23.6 Å². The molecule has 146 valence electrons. The highest BCUT2D eigenvalue weighted by Crippen LogP contribution is 2.20. The molecule has 0 spiro atoms. The second-order valence-electron chi connectivity index (χ2n) is 5.81. The van der Waals surface area contributed by atoms with E-state index >= 15 is 0 Å². The van der Waals surface area contributed by atoms with Crippen LogP contribution in [0.15, 0.2) is 29.4 Å². The molecule has 1 aromatic carbocycles. The van der Waals surface area contributed by atoms with Crippen molar-refractivity contribution in [3.8, 4) is 11.4 Å². The molecule has 0 saturated heterocycles. The summed E-state index contributed by atoms with van der Waals surface area (Å²) in [5.74, 6) is 0.0153. The molecule has 27 heavy (non-hydrogen) atoms. The Hall–Kier alpha value is -2.62. The molecule has 0 aliphatic rings. The van der Waals surface area contributed by atoms with E-state index in [0.717, 1.165) is 17.9 Å². The van der Waals surface area contributed by atoms with Gasteiger partial charge in [0.2, 0.25) is 11.1 Å². The van der Waals surface area contributed by atoms with Gasteiger partial charge in [0.25, 0.3) is 0 Å². The molecule has 0 saturated carbocycles. The van der Waals surface area contributed by atoms with Crippen LogP contribution in [0.5, 0.6) is 5.75 Å². The number of ether oxygens (including phenoxy) is 2. The zero-order valence-electron chi connectivity index (χ0n) is 15.7. The minimum Gasteiger partial charge on any atom is -0.497 e. The topological polar surface area (TPSA) is 108 Å². The quantitative estimate of drug-likeness (QED) is 0.504. The largest absolute Gasteiger partial charge is 0.497 e. The second kappa shape index (κ2) is 9.91. The Bertz CT molecular complexity index is 765. The SMILES string of the molecule is CC[C@@H](C)[C@@H](NC(=O)CSc1nnnn1-c1ccc(OC)cc1)C(=O)OC. The lowest BCUT2D eigenvalue weighted by Gasteiger charge is -2.21. The molecule has 2 aromatic rings. The third-order valence-corrected chi connectivity index (χ3v) is 4.99. The predicted octanol–water partition coefficient (Wildman–Crippen LogP) is 1.47. The summed E-state index contributed by atoms with van der Waals surface area (Å²) in [4.78, 5) is 24.2. The summed E-state index contributed by atoms with van der Waals surface area (Å²) < 4.78 is 11.4. The Balaban J connectivity index is 2.01. The summed E-state index contributed by atoms with van der Waals surface area (Å²) >= 11 is 1.18. The zero-order valence-corrected chi connectivity index (χ0v) is 16.5. The fourth-order valence-electron chi connectivity index (χ4n) is 2.30. The molecule has 0 radical (unpaired) electrons. The molecular formula is C17H23N5O4S. The Kier molecular flexibility index (Phi) is 7.59. The standard InChI is InChI=1S/C17H23N5O4S/c1-5-11(2)15(16(24)26-4)18-14(23)10-27-17-19-20-21-22(17)12-6-8-13(25-3)9-7-12/h6-9,11,15H,5,10H2,1-4H3,(H,18,23)/t11-,15-/m1/s1. The molecule has 0 aliphatic carbocycles. The number of tetrazole rings is 1. The van der Waals surface area contributed by atoms with Crippen molar-refractivity contribution in [2.45, 2.75) is 31.5 Å². The van der Waals surface area contributed by atoms with Gasteiger partial charge in [0.05, 0.1) is 25.7 Å². The fourth-order valence-corrected chi connectivity index (χ4v) is 3.00. The van der Waals surface area contributed by atoms with Gasteiger partial charge in [-0.05, 0) is 40.6 Å².